The quantitative estimate of drug-likeness (QED) is 0.652. The first-order chi connectivity index (χ1) is 13.7. The number of benzene rings is 2. The molecule has 1 aromatic heterocycles. The van der Waals surface area contributed by atoms with Gasteiger partial charge in [0, 0.05) is 24.0 Å². The number of sulfonamides is 1. The highest BCUT2D eigenvalue weighted by atomic mass is 32.2. The predicted octanol–water partition coefficient (Wildman–Crippen LogP) is 4.37. The molecule has 0 unspecified atom stereocenters. The first kappa shape index (κ1) is 21.0. The lowest BCUT2D eigenvalue weighted by atomic mass is 9.93. The molecule has 29 heavy (non-hydrogen) atoms. The van der Waals surface area contributed by atoms with Gasteiger partial charge in [0.05, 0.1) is 16.0 Å². The lowest BCUT2D eigenvalue weighted by Crippen LogP contribution is -2.23. The van der Waals surface area contributed by atoms with Crippen LogP contribution in [0, 0.1) is 31.0 Å². The highest BCUT2D eigenvalue weighted by Gasteiger charge is 2.25. The highest BCUT2D eigenvalue weighted by molar-refractivity contribution is 7.89. The van der Waals surface area contributed by atoms with Gasteiger partial charge in [-0.1, -0.05) is 36.8 Å². The Morgan fingerprint density at radius 3 is 2.62 bits per heavy atom. The Balaban J connectivity index is 2.19. The van der Waals surface area contributed by atoms with Gasteiger partial charge >= 0.3 is 0 Å². The average Bonchev–Trinajstić information content (AvgIpc) is 3.04. The lowest BCUT2D eigenvalue weighted by molar-refractivity contribution is 0.534. The van der Waals surface area contributed by atoms with Crippen molar-refractivity contribution in [3.05, 3.63) is 64.6 Å². The van der Waals surface area contributed by atoms with Crippen molar-refractivity contribution in [3.63, 3.8) is 0 Å². The fourth-order valence-electron chi connectivity index (χ4n) is 3.99. The van der Waals surface area contributed by atoms with Gasteiger partial charge in [0.1, 0.15) is 11.9 Å². The van der Waals surface area contributed by atoms with Gasteiger partial charge in [-0.05, 0) is 44.5 Å². The van der Waals surface area contributed by atoms with E-state index >= 15 is 0 Å². The van der Waals surface area contributed by atoms with Crippen molar-refractivity contribution < 1.29 is 12.8 Å². The van der Waals surface area contributed by atoms with Gasteiger partial charge in [0.2, 0.25) is 10.0 Å². The molecular formula is C22H24FN3O2S. The predicted molar refractivity (Wildman–Crippen MR) is 112 cm³/mol. The maximum Gasteiger partial charge on any atom is 0.240 e. The Labute approximate surface area is 170 Å². The van der Waals surface area contributed by atoms with Crippen LogP contribution >= 0.6 is 0 Å². The SMILES string of the molecule is CC[C@H](Cn1cc(C#N)c2cccc(F)c21)c1cc(C)cc(C)c1S(=O)(=O)NC. The number of hydrogen-bond acceptors (Lipinski definition) is 3. The van der Waals surface area contributed by atoms with E-state index < -0.39 is 15.8 Å². The van der Waals surface area contributed by atoms with Gasteiger partial charge < -0.3 is 4.57 Å². The third kappa shape index (κ3) is 3.78. The van der Waals surface area contributed by atoms with Gasteiger partial charge in [-0.3, -0.25) is 0 Å². The Morgan fingerprint density at radius 2 is 2.00 bits per heavy atom. The van der Waals surface area contributed by atoms with Crippen molar-refractivity contribution in [1.29, 1.82) is 5.26 Å². The second-order valence-corrected chi connectivity index (χ2v) is 9.08. The highest BCUT2D eigenvalue weighted by Crippen LogP contribution is 2.33. The Morgan fingerprint density at radius 1 is 1.28 bits per heavy atom. The molecule has 3 rings (SSSR count). The summed E-state index contributed by atoms with van der Waals surface area (Å²) in [5.74, 6) is -0.573. The summed E-state index contributed by atoms with van der Waals surface area (Å²) in [6.45, 7) is 6.06. The minimum Gasteiger partial charge on any atom is -0.343 e. The van der Waals surface area contributed by atoms with Gasteiger partial charge in [0.25, 0.3) is 0 Å². The molecule has 3 aromatic rings. The van der Waals surface area contributed by atoms with E-state index in [9.17, 15) is 18.1 Å². The Kier molecular flexibility index (Phi) is 5.78. The van der Waals surface area contributed by atoms with E-state index in [4.69, 9.17) is 0 Å². The number of nitriles is 1. The molecule has 0 aliphatic rings. The zero-order chi connectivity index (χ0) is 21.3. The largest absolute Gasteiger partial charge is 0.343 e. The van der Waals surface area contributed by atoms with Crippen LogP contribution < -0.4 is 4.72 Å². The summed E-state index contributed by atoms with van der Waals surface area (Å²) >= 11 is 0. The van der Waals surface area contributed by atoms with Crippen LogP contribution in [-0.2, 0) is 16.6 Å². The van der Waals surface area contributed by atoms with Crippen molar-refractivity contribution in [1.82, 2.24) is 9.29 Å². The molecule has 0 spiro atoms. The Bertz CT molecular complexity index is 1220. The fraction of sp³-hybridized carbons (Fsp3) is 0.318. The van der Waals surface area contributed by atoms with E-state index in [1.54, 1.807) is 29.8 Å². The van der Waals surface area contributed by atoms with Gasteiger partial charge in [0.15, 0.2) is 0 Å². The zero-order valence-corrected chi connectivity index (χ0v) is 17.8. The van der Waals surface area contributed by atoms with Crippen LogP contribution in [0.3, 0.4) is 0 Å². The van der Waals surface area contributed by atoms with Crippen LogP contribution in [0.1, 0.15) is 41.5 Å². The summed E-state index contributed by atoms with van der Waals surface area (Å²) in [6.07, 6.45) is 2.30. The number of halogens is 1. The van der Waals surface area contributed by atoms with Crippen molar-refractivity contribution in [3.8, 4) is 6.07 Å². The second kappa shape index (κ2) is 7.97. The van der Waals surface area contributed by atoms with Crippen LogP contribution in [0.5, 0.6) is 0 Å². The zero-order valence-electron chi connectivity index (χ0n) is 17.0. The summed E-state index contributed by atoms with van der Waals surface area (Å²) in [6, 6.07) is 10.5. The third-order valence-corrected chi connectivity index (χ3v) is 6.94. The number of rotatable bonds is 6. The molecule has 152 valence electrons. The molecule has 0 bridgehead atoms. The minimum atomic E-state index is -3.66. The smallest absolute Gasteiger partial charge is 0.240 e. The number of aryl methyl sites for hydroxylation is 2. The molecule has 2 aromatic carbocycles. The third-order valence-electron chi connectivity index (χ3n) is 5.30. The number of nitrogens with one attached hydrogen (secondary N) is 1. The van der Waals surface area contributed by atoms with Crippen molar-refractivity contribution >= 4 is 20.9 Å². The first-order valence-corrected chi connectivity index (χ1v) is 10.9. The van der Waals surface area contributed by atoms with Gasteiger partial charge in [-0.25, -0.2) is 17.5 Å². The van der Waals surface area contributed by atoms with Crippen molar-refractivity contribution in [2.24, 2.45) is 0 Å². The van der Waals surface area contributed by atoms with Crippen LogP contribution in [0.25, 0.3) is 10.9 Å². The Hall–Kier alpha value is -2.69. The maximum atomic E-state index is 14.6. The number of aromatic nitrogens is 1. The standard InChI is InChI=1S/C22H24FN3O2S/c1-5-16(19-10-14(2)9-15(3)22(19)29(27,28)25-4)12-26-13-17(11-24)18-7-6-8-20(23)21(18)26/h6-10,13,16,25H,5,12H2,1-4H3/t16-/m1/s1. The molecule has 0 saturated heterocycles. The molecule has 1 heterocycles. The second-order valence-electron chi connectivity index (χ2n) is 7.26. The molecule has 1 atom stereocenters. The van der Waals surface area contributed by atoms with Crippen LogP contribution in [-0.4, -0.2) is 20.0 Å². The first-order valence-electron chi connectivity index (χ1n) is 9.45. The summed E-state index contributed by atoms with van der Waals surface area (Å²) in [5, 5.41) is 9.99. The summed E-state index contributed by atoms with van der Waals surface area (Å²) in [7, 11) is -2.26. The molecule has 0 amide bonds. The summed E-state index contributed by atoms with van der Waals surface area (Å²) in [4.78, 5) is 0.273. The van der Waals surface area contributed by atoms with Crippen molar-refractivity contribution in [2.45, 2.75) is 44.6 Å². The van der Waals surface area contributed by atoms with E-state index in [0.29, 0.717) is 40.6 Å². The van der Waals surface area contributed by atoms with Crippen LogP contribution in [0.15, 0.2) is 41.4 Å². The van der Waals surface area contributed by atoms with Crippen LogP contribution in [0.4, 0.5) is 4.39 Å². The van der Waals surface area contributed by atoms with E-state index in [1.807, 2.05) is 26.0 Å². The molecule has 0 aliphatic carbocycles. The van der Waals surface area contributed by atoms with Crippen LogP contribution in [0.2, 0.25) is 0 Å². The molecule has 0 aliphatic heterocycles. The lowest BCUT2D eigenvalue weighted by Gasteiger charge is -2.22. The molecular weight excluding hydrogens is 389 g/mol. The molecule has 5 nitrogen and oxygen atoms in total. The van der Waals surface area contributed by atoms with Gasteiger partial charge in [-0.15, -0.1) is 0 Å². The molecule has 0 saturated carbocycles. The molecule has 1 N–H and O–H groups in total. The van der Waals surface area contributed by atoms with E-state index in [-0.39, 0.29) is 10.8 Å². The monoisotopic (exact) mass is 413 g/mol. The van der Waals surface area contributed by atoms with E-state index in [0.717, 1.165) is 5.56 Å². The number of hydrogen-bond donors (Lipinski definition) is 1. The molecule has 0 radical (unpaired) electrons. The van der Waals surface area contributed by atoms with E-state index in [2.05, 4.69) is 10.8 Å². The number of nitrogens with zero attached hydrogens (tertiary/aromatic N) is 2. The van der Waals surface area contributed by atoms with Crippen molar-refractivity contribution in [2.75, 3.05) is 7.05 Å². The molecule has 0 fully saturated rings. The number of para-hydroxylation sites is 1. The average molecular weight is 414 g/mol. The number of fused-ring (bicyclic) bond motifs is 1. The topological polar surface area (TPSA) is 74.9 Å². The summed E-state index contributed by atoms with van der Waals surface area (Å²) < 4.78 is 44.2. The van der Waals surface area contributed by atoms with Gasteiger partial charge in [-0.2, -0.15) is 5.26 Å². The minimum absolute atomic E-state index is 0.173. The maximum absolute atomic E-state index is 14.6. The summed E-state index contributed by atoms with van der Waals surface area (Å²) in [5.41, 5.74) is 3.11. The fourth-order valence-corrected chi connectivity index (χ4v) is 5.21. The molecule has 7 heteroatoms. The normalized spacial score (nSPS) is 12.8. The van der Waals surface area contributed by atoms with E-state index in [1.165, 1.54) is 13.1 Å².